The van der Waals surface area contributed by atoms with Crippen LogP contribution in [-0.2, 0) is 11.3 Å². The number of carbonyl (C=O) groups excluding carboxylic acids is 1. The molecule has 2 aromatic rings. The number of rotatable bonds is 8. The molecule has 2 aromatic carbocycles. The molecule has 2 unspecified atom stereocenters. The summed E-state index contributed by atoms with van der Waals surface area (Å²) < 4.78 is 5.13. The van der Waals surface area contributed by atoms with Crippen molar-refractivity contribution in [1.82, 2.24) is 5.32 Å². The van der Waals surface area contributed by atoms with Crippen LogP contribution in [0, 0.1) is 0 Å². The second-order valence-electron chi connectivity index (χ2n) is 6.36. The van der Waals surface area contributed by atoms with Gasteiger partial charge in [0.15, 0.2) is 0 Å². The van der Waals surface area contributed by atoms with E-state index in [1.165, 1.54) is 5.56 Å². The van der Waals surface area contributed by atoms with Crippen molar-refractivity contribution in [2.75, 3.05) is 12.4 Å². The molecule has 134 valence electrons. The number of methoxy groups -OCH3 is 1. The van der Waals surface area contributed by atoms with Gasteiger partial charge in [-0.1, -0.05) is 38.1 Å². The Balaban J connectivity index is 1.84. The molecule has 0 spiro atoms. The molecule has 2 atom stereocenters. The van der Waals surface area contributed by atoms with E-state index in [0.29, 0.717) is 12.5 Å². The first-order valence-electron chi connectivity index (χ1n) is 8.80. The van der Waals surface area contributed by atoms with E-state index in [-0.39, 0.29) is 11.9 Å². The van der Waals surface area contributed by atoms with Crippen LogP contribution in [0.5, 0.6) is 5.75 Å². The van der Waals surface area contributed by atoms with Gasteiger partial charge in [0, 0.05) is 12.2 Å². The van der Waals surface area contributed by atoms with E-state index < -0.39 is 0 Å². The van der Waals surface area contributed by atoms with Crippen LogP contribution >= 0.6 is 0 Å². The maximum absolute atomic E-state index is 12.3. The van der Waals surface area contributed by atoms with Gasteiger partial charge in [-0.2, -0.15) is 0 Å². The molecule has 25 heavy (non-hydrogen) atoms. The fraction of sp³-hybridized carbons (Fsp3) is 0.381. The number of amides is 1. The summed E-state index contributed by atoms with van der Waals surface area (Å²) in [5.74, 6) is 1.34. The normalized spacial score (nSPS) is 13.0. The molecule has 2 rings (SSSR count). The summed E-state index contributed by atoms with van der Waals surface area (Å²) in [5, 5.41) is 6.20. The van der Waals surface area contributed by atoms with E-state index >= 15 is 0 Å². The molecule has 1 amide bonds. The summed E-state index contributed by atoms with van der Waals surface area (Å²) in [6.07, 6.45) is 1.12. The summed E-state index contributed by atoms with van der Waals surface area (Å²) in [6, 6.07) is 15.7. The molecular weight excluding hydrogens is 312 g/mol. The highest BCUT2D eigenvalue weighted by atomic mass is 16.5. The van der Waals surface area contributed by atoms with Crippen molar-refractivity contribution >= 4 is 11.6 Å². The lowest BCUT2D eigenvalue weighted by Crippen LogP contribution is -2.37. The molecule has 4 nitrogen and oxygen atoms in total. The number of benzene rings is 2. The molecule has 0 saturated carbocycles. The number of carbonyl (C=O) groups is 1. The highest BCUT2D eigenvalue weighted by Gasteiger charge is 2.12. The van der Waals surface area contributed by atoms with Crippen LogP contribution in [-0.4, -0.2) is 19.1 Å². The molecule has 0 aliphatic heterocycles. The third kappa shape index (κ3) is 5.52. The Labute approximate surface area is 150 Å². The van der Waals surface area contributed by atoms with Crippen molar-refractivity contribution in [3.05, 3.63) is 59.7 Å². The minimum atomic E-state index is -0.298. The second kappa shape index (κ2) is 9.11. The van der Waals surface area contributed by atoms with Crippen LogP contribution in [0.4, 0.5) is 5.69 Å². The van der Waals surface area contributed by atoms with Gasteiger partial charge in [0.05, 0.1) is 7.11 Å². The zero-order chi connectivity index (χ0) is 18.2. The first kappa shape index (κ1) is 18.8. The smallest absolute Gasteiger partial charge is 0.242 e. The largest absolute Gasteiger partial charge is 0.497 e. The predicted molar refractivity (Wildman–Crippen MR) is 103 cm³/mol. The molecule has 0 bridgehead atoms. The maximum Gasteiger partial charge on any atom is 0.242 e. The minimum Gasteiger partial charge on any atom is -0.497 e. The van der Waals surface area contributed by atoms with E-state index in [2.05, 4.69) is 36.6 Å². The van der Waals surface area contributed by atoms with Crippen molar-refractivity contribution in [2.45, 2.75) is 45.7 Å². The first-order chi connectivity index (χ1) is 12.0. The zero-order valence-corrected chi connectivity index (χ0v) is 15.5. The highest BCUT2D eigenvalue weighted by molar-refractivity contribution is 5.84. The molecule has 0 radical (unpaired) electrons. The number of hydrogen-bond acceptors (Lipinski definition) is 3. The minimum absolute atomic E-state index is 0.0261. The maximum atomic E-state index is 12.3. The first-order valence-corrected chi connectivity index (χ1v) is 8.80. The van der Waals surface area contributed by atoms with Crippen LogP contribution in [0.2, 0.25) is 0 Å². The Morgan fingerprint density at radius 3 is 2.24 bits per heavy atom. The fourth-order valence-corrected chi connectivity index (χ4v) is 2.54. The van der Waals surface area contributed by atoms with Crippen molar-refractivity contribution < 1.29 is 9.53 Å². The van der Waals surface area contributed by atoms with Crippen molar-refractivity contribution in [3.63, 3.8) is 0 Å². The van der Waals surface area contributed by atoms with Gasteiger partial charge in [-0.25, -0.2) is 0 Å². The quantitative estimate of drug-likeness (QED) is 0.752. The molecule has 0 saturated heterocycles. The lowest BCUT2D eigenvalue weighted by Gasteiger charge is -2.16. The molecule has 0 aromatic heterocycles. The third-order valence-electron chi connectivity index (χ3n) is 4.49. The molecule has 2 N–H and O–H groups in total. The van der Waals surface area contributed by atoms with E-state index in [1.54, 1.807) is 7.11 Å². The Kier molecular flexibility index (Phi) is 6.87. The van der Waals surface area contributed by atoms with Gasteiger partial charge in [0.1, 0.15) is 11.8 Å². The summed E-state index contributed by atoms with van der Waals surface area (Å²) in [4.78, 5) is 12.3. The Bertz CT molecular complexity index is 665. The van der Waals surface area contributed by atoms with Gasteiger partial charge in [-0.15, -0.1) is 0 Å². The van der Waals surface area contributed by atoms with Crippen LogP contribution in [0.15, 0.2) is 48.5 Å². The standard InChI is InChI=1S/C21H28N2O2/c1-5-15(2)18-8-10-19(11-9-18)23-16(3)21(24)22-14-17-6-12-20(25-4)13-7-17/h6-13,15-16,23H,5,14H2,1-4H3,(H,22,24). The molecule has 0 fully saturated rings. The van der Waals surface area contributed by atoms with E-state index in [4.69, 9.17) is 4.74 Å². The third-order valence-corrected chi connectivity index (χ3v) is 4.49. The highest BCUT2D eigenvalue weighted by Crippen LogP contribution is 2.20. The predicted octanol–water partition coefficient (Wildman–Crippen LogP) is 4.33. The summed E-state index contributed by atoms with van der Waals surface area (Å²) >= 11 is 0. The molecule has 0 heterocycles. The van der Waals surface area contributed by atoms with E-state index in [0.717, 1.165) is 23.4 Å². The number of hydrogen-bond donors (Lipinski definition) is 2. The number of anilines is 1. The average Bonchev–Trinajstić information content (AvgIpc) is 2.66. The van der Waals surface area contributed by atoms with Gasteiger partial charge < -0.3 is 15.4 Å². The molecule has 0 aliphatic rings. The lowest BCUT2D eigenvalue weighted by atomic mass is 9.98. The summed E-state index contributed by atoms with van der Waals surface area (Å²) in [6.45, 7) is 6.78. The second-order valence-corrected chi connectivity index (χ2v) is 6.36. The van der Waals surface area contributed by atoms with Crippen LogP contribution < -0.4 is 15.4 Å². The summed E-state index contributed by atoms with van der Waals surface area (Å²) in [7, 11) is 1.64. The van der Waals surface area contributed by atoms with Gasteiger partial charge in [-0.05, 0) is 54.7 Å². The fourth-order valence-electron chi connectivity index (χ4n) is 2.54. The van der Waals surface area contributed by atoms with Gasteiger partial charge in [-0.3, -0.25) is 4.79 Å². The van der Waals surface area contributed by atoms with Gasteiger partial charge in [0.2, 0.25) is 5.91 Å². The molecular formula is C21H28N2O2. The zero-order valence-electron chi connectivity index (χ0n) is 15.5. The SMILES string of the molecule is CCC(C)c1ccc(NC(C)C(=O)NCc2ccc(OC)cc2)cc1. The van der Waals surface area contributed by atoms with Crippen LogP contribution in [0.3, 0.4) is 0 Å². The van der Waals surface area contributed by atoms with Gasteiger partial charge in [0.25, 0.3) is 0 Å². The average molecular weight is 340 g/mol. The van der Waals surface area contributed by atoms with Crippen molar-refractivity contribution in [1.29, 1.82) is 0 Å². The van der Waals surface area contributed by atoms with Gasteiger partial charge >= 0.3 is 0 Å². The number of ether oxygens (including phenoxy) is 1. The Morgan fingerprint density at radius 2 is 1.68 bits per heavy atom. The molecule has 0 aliphatic carbocycles. The lowest BCUT2D eigenvalue weighted by molar-refractivity contribution is -0.121. The Morgan fingerprint density at radius 1 is 1.04 bits per heavy atom. The Hall–Kier alpha value is -2.49. The van der Waals surface area contributed by atoms with Crippen LogP contribution in [0.25, 0.3) is 0 Å². The van der Waals surface area contributed by atoms with Crippen LogP contribution in [0.1, 0.15) is 44.2 Å². The van der Waals surface area contributed by atoms with E-state index in [9.17, 15) is 4.79 Å². The van der Waals surface area contributed by atoms with E-state index in [1.807, 2.05) is 43.3 Å². The van der Waals surface area contributed by atoms with Crippen molar-refractivity contribution in [2.24, 2.45) is 0 Å². The summed E-state index contributed by atoms with van der Waals surface area (Å²) in [5.41, 5.74) is 3.32. The van der Waals surface area contributed by atoms with Crippen molar-refractivity contribution in [3.8, 4) is 5.75 Å². The molecule has 4 heteroatoms. The monoisotopic (exact) mass is 340 g/mol. The number of nitrogens with one attached hydrogen (secondary N) is 2. The topological polar surface area (TPSA) is 50.4 Å².